The molecule has 422 valence electrons. The monoisotopic (exact) mass is 1060 g/mol. The molecule has 0 radical (unpaired) electrons. The molecule has 4 rings (SSSR count). The van der Waals surface area contributed by atoms with Gasteiger partial charge < -0.3 is 88.1 Å². The maximum absolute atomic E-state index is 14.4. The molecule has 1 aromatic rings. The van der Waals surface area contributed by atoms with Gasteiger partial charge in [0, 0.05) is 38.8 Å². The standard InChI is InChI=1S/C50H80N8O17/c1-5-25(2)18-26(3)12-10-8-6-7-9-11-13-38(66)52-32-21-36(64)47(72)56-46(71)34-20-31(62)24-58(34)50(75)40(35(63)22-37(51)65)54-48(73)41(43(68)42(67)28-14-16-29(60)17-15-28)55-45(70)33-19-30(61)23-57(33)49(74)39(27(4)59)53-44(32)69/h14-17,25-27,30-36,39-43,47,59-64,67-68,72H,5-13,18-24H2,1-4H3,(H2,51,65)(H,52,66)(H,53,69)(H,54,73)(H,55,70)(H,56,71)/t25?,26?,27-,30-,31-,32-,33+,34+,35-,36+,39+,40+,41+,42+,43+,47-/m1/s1. The summed E-state index contributed by atoms with van der Waals surface area (Å²) < 4.78 is 0. The van der Waals surface area contributed by atoms with Crippen LogP contribution in [0.15, 0.2) is 24.3 Å². The molecule has 0 aromatic heterocycles. The van der Waals surface area contributed by atoms with Crippen LogP contribution in [0, 0.1) is 11.8 Å². The molecule has 75 heavy (non-hydrogen) atoms. The quantitative estimate of drug-likeness (QED) is 0.0568. The van der Waals surface area contributed by atoms with E-state index >= 15 is 0 Å². The van der Waals surface area contributed by atoms with E-state index in [0.717, 1.165) is 74.6 Å². The normalized spacial score (nSPS) is 29.0. The molecular weight excluding hydrogens is 985 g/mol. The summed E-state index contributed by atoms with van der Waals surface area (Å²) in [4.78, 5) is 112. The average molecular weight is 1070 g/mol. The Kier molecular flexibility index (Phi) is 24.1. The Morgan fingerprint density at radius 1 is 0.680 bits per heavy atom. The molecule has 0 aliphatic carbocycles. The lowest BCUT2D eigenvalue weighted by Gasteiger charge is -2.34. The van der Waals surface area contributed by atoms with Crippen molar-refractivity contribution in [3.63, 3.8) is 0 Å². The first kappa shape index (κ1) is 62.0. The third-order valence-electron chi connectivity index (χ3n) is 14.3. The highest BCUT2D eigenvalue weighted by Gasteiger charge is 2.48. The second-order valence-electron chi connectivity index (χ2n) is 20.6. The van der Waals surface area contributed by atoms with Gasteiger partial charge in [-0.1, -0.05) is 77.8 Å². The maximum Gasteiger partial charge on any atom is 0.248 e. The smallest absolute Gasteiger partial charge is 0.248 e. The molecule has 0 bridgehead atoms. The summed E-state index contributed by atoms with van der Waals surface area (Å²) in [6, 6.07) is -7.16. The number of aromatic hydroxyl groups is 1. The van der Waals surface area contributed by atoms with E-state index in [4.69, 9.17) is 5.73 Å². The average Bonchev–Trinajstić information content (AvgIpc) is 3.95. The lowest BCUT2D eigenvalue weighted by molar-refractivity contribution is -0.148. The number of hydrogen-bond acceptors (Lipinski definition) is 17. The number of aliphatic hydroxyl groups is 8. The largest absolute Gasteiger partial charge is 0.508 e. The minimum Gasteiger partial charge on any atom is -0.508 e. The highest BCUT2D eigenvalue weighted by molar-refractivity contribution is 5.98. The molecule has 1 aromatic carbocycles. The van der Waals surface area contributed by atoms with Crippen molar-refractivity contribution in [2.75, 3.05) is 13.1 Å². The number of hydrogen-bond donors (Lipinski definition) is 15. The Balaban J connectivity index is 1.69. The number of primary amides is 1. The molecule has 16 atom stereocenters. The van der Waals surface area contributed by atoms with Crippen LogP contribution in [0.1, 0.15) is 129 Å². The number of carbonyl (C=O) groups is 8. The molecule has 3 heterocycles. The van der Waals surface area contributed by atoms with E-state index < -0.39 is 171 Å². The van der Waals surface area contributed by atoms with E-state index in [9.17, 15) is 84.3 Å². The third-order valence-corrected chi connectivity index (χ3v) is 14.3. The Morgan fingerprint density at radius 3 is 1.76 bits per heavy atom. The molecule has 3 aliphatic rings. The summed E-state index contributed by atoms with van der Waals surface area (Å²) >= 11 is 0. The molecule has 25 nitrogen and oxygen atoms in total. The second kappa shape index (κ2) is 29.1. The summed E-state index contributed by atoms with van der Waals surface area (Å²) in [6.07, 6.45) is -10.0. The highest BCUT2D eigenvalue weighted by atomic mass is 16.3. The molecule has 0 spiro atoms. The third kappa shape index (κ3) is 18.0. The fraction of sp³-hybridized carbons (Fsp3) is 0.720. The van der Waals surface area contributed by atoms with Crippen LogP contribution in [0.4, 0.5) is 0 Å². The van der Waals surface area contributed by atoms with Crippen LogP contribution in [0.3, 0.4) is 0 Å². The number of unbranched alkanes of at least 4 members (excludes halogenated alkanes) is 5. The van der Waals surface area contributed by atoms with Crippen LogP contribution >= 0.6 is 0 Å². The van der Waals surface area contributed by atoms with Gasteiger partial charge in [-0.05, 0) is 49.3 Å². The molecular formula is C50H80N8O17. The zero-order valence-electron chi connectivity index (χ0n) is 43.1. The first-order valence-corrected chi connectivity index (χ1v) is 26.0. The minimum atomic E-state index is -2.36. The summed E-state index contributed by atoms with van der Waals surface area (Å²) in [7, 11) is 0. The van der Waals surface area contributed by atoms with Crippen molar-refractivity contribution in [1.82, 2.24) is 36.4 Å². The van der Waals surface area contributed by atoms with Crippen LogP contribution in [0.2, 0.25) is 0 Å². The number of fused-ring (bicyclic) bond motifs is 2. The van der Waals surface area contributed by atoms with Gasteiger partial charge in [0.05, 0.1) is 30.8 Å². The number of aliphatic hydroxyl groups excluding tert-OH is 8. The van der Waals surface area contributed by atoms with Crippen molar-refractivity contribution in [2.24, 2.45) is 17.6 Å². The van der Waals surface area contributed by atoms with Crippen molar-refractivity contribution in [1.29, 1.82) is 0 Å². The van der Waals surface area contributed by atoms with Crippen molar-refractivity contribution in [3.05, 3.63) is 29.8 Å². The van der Waals surface area contributed by atoms with Gasteiger partial charge in [0.1, 0.15) is 60.3 Å². The predicted octanol–water partition coefficient (Wildman–Crippen LogP) is -3.34. The molecule has 3 saturated heterocycles. The molecule has 2 unspecified atom stereocenters. The number of phenolic OH excluding ortho intramolecular Hbond substituents is 1. The van der Waals surface area contributed by atoms with Gasteiger partial charge in [0.25, 0.3) is 0 Å². The first-order chi connectivity index (χ1) is 35.3. The van der Waals surface area contributed by atoms with Crippen molar-refractivity contribution >= 4 is 47.3 Å². The van der Waals surface area contributed by atoms with Crippen LogP contribution in [0.25, 0.3) is 0 Å². The first-order valence-electron chi connectivity index (χ1n) is 26.0. The van der Waals surface area contributed by atoms with E-state index in [1.54, 1.807) is 0 Å². The maximum atomic E-state index is 14.4. The Labute approximate surface area is 436 Å². The molecule has 16 N–H and O–H groups in total. The predicted molar refractivity (Wildman–Crippen MR) is 265 cm³/mol. The zero-order chi connectivity index (χ0) is 55.8. The highest BCUT2D eigenvalue weighted by Crippen LogP contribution is 2.27. The molecule has 0 saturated carbocycles. The Bertz CT molecular complexity index is 2100. The number of phenols is 1. The van der Waals surface area contributed by atoms with E-state index in [1.165, 1.54) is 6.42 Å². The number of nitrogens with one attached hydrogen (secondary N) is 5. The summed E-state index contributed by atoms with van der Waals surface area (Å²) in [6.45, 7) is 6.57. The lowest BCUT2D eigenvalue weighted by Crippen LogP contribution is -2.64. The van der Waals surface area contributed by atoms with Crippen LogP contribution in [-0.2, 0) is 38.4 Å². The van der Waals surface area contributed by atoms with Crippen LogP contribution in [0.5, 0.6) is 5.75 Å². The molecule has 25 heteroatoms. The topological polar surface area (TPSA) is 411 Å². The number of benzene rings is 1. The van der Waals surface area contributed by atoms with E-state index in [1.807, 2.05) is 0 Å². The number of nitrogens with zero attached hydrogens (tertiary/aromatic N) is 2. The van der Waals surface area contributed by atoms with Gasteiger partial charge in [0.2, 0.25) is 47.3 Å². The van der Waals surface area contributed by atoms with Crippen molar-refractivity contribution < 1.29 is 84.3 Å². The summed E-state index contributed by atoms with van der Waals surface area (Å²) in [5.41, 5.74) is 5.21. The van der Waals surface area contributed by atoms with Gasteiger partial charge in [-0.25, -0.2) is 0 Å². The number of amides is 8. The fourth-order valence-corrected chi connectivity index (χ4v) is 9.77. The van der Waals surface area contributed by atoms with Gasteiger partial charge in [0.15, 0.2) is 6.23 Å². The van der Waals surface area contributed by atoms with Gasteiger partial charge in [-0.3, -0.25) is 38.4 Å². The van der Waals surface area contributed by atoms with E-state index in [2.05, 4.69) is 47.4 Å². The number of rotatable bonds is 20. The van der Waals surface area contributed by atoms with Crippen molar-refractivity contribution in [2.45, 2.75) is 203 Å². The van der Waals surface area contributed by atoms with Crippen molar-refractivity contribution in [3.8, 4) is 5.75 Å². The molecule has 3 aliphatic heterocycles. The zero-order valence-corrected chi connectivity index (χ0v) is 43.1. The second-order valence-corrected chi connectivity index (χ2v) is 20.6. The van der Waals surface area contributed by atoms with Gasteiger partial charge >= 0.3 is 0 Å². The Hall–Kier alpha value is -5.54. The number of carbonyl (C=O) groups excluding carboxylic acids is 8. The lowest BCUT2D eigenvalue weighted by atomic mass is 9.91. The molecule has 3 fully saturated rings. The van der Waals surface area contributed by atoms with Crippen LogP contribution in [-0.4, -0.2) is 195 Å². The Morgan fingerprint density at radius 2 is 1.20 bits per heavy atom. The summed E-state index contributed by atoms with van der Waals surface area (Å²) in [5.74, 6) is -8.48. The number of nitrogens with two attached hydrogens (primary N) is 1. The van der Waals surface area contributed by atoms with E-state index in [-0.39, 0.29) is 17.7 Å². The summed E-state index contributed by atoms with van der Waals surface area (Å²) in [5, 5.41) is 110. The van der Waals surface area contributed by atoms with Gasteiger partial charge in [-0.15, -0.1) is 0 Å². The fourth-order valence-electron chi connectivity index (χ4n) is 9.77. The van der Waals surface area contributed by atoms with Crippen LogP contribution < -0.4 is 32.3 Å². The van der Waals surface area contributed by atoms with Gasteiger partial charge in [-0.2, -0.15) is 0 Å². The molecule has 8 amide bonds. The minimum absolute atomic E-state index is 0.0751. The SMILES string of the molecule is CCC(C)CC(C)CCCCCCCCC(=O)N[C@@H]1C[C@H](O)[C@@H](O)NC(=O)[C@@H]2C[C@@H](O)CN2C(=O)[C@H]([C@H](O)CC(N)=O)NC(=O)[C@H]([C@H](O)[C@@H](O)c2ccc(O)cc2)NC(=O)[C@@H]2C[C@@H](O)CN2C(=O)[C@H]([C@@H](C)O)NC1=O. The van der Waals surface area contributed by atoms with E-state index in [0.29, 0.717) is 29.6 Å².